The van der Waals surface area contributed by atoms with Crippen molar-refractivity contribution in [2.45, 2.75) is 10.4 Å². The highest BCUT2D eigenvalue weighted by Gasteiger charge is 2.20. The van der Waals surface area contributed by atoms with Crippen LogP contribution in [0.25, 0.3) is 22.2 Å². The summed E-state index contributed by atoms with van der Waals surface area (Å²) in [7, 11) is -1.67. The molecule has 0 radical (unpaired) electrons. The minimum atomic E-state index is -1.67. The van der Waals surface area contributed by atoms with Crippen LogP contribution in [0, 0.1) is 0 Å². The van der Waals surface area contributed by atoms with Crippen LogP contribution in [0.5, 0.6) is 0 Å². The van der Waals surface area contributed by atoms with Gasteiger partial charge in [-0.1, -0.05) is 24.3 Å². The molecule has 0 amide bonds. The predicted molar refractivity (Wildman–Crippen MR) is 72.7 cm³/mol. The number of hydrogen-bond acceptors (Lipinski definition) is 5. The first-order valence-corrected chi connectivity index (χ1v) is 7.09. The quantitative estimate of drug-likeness (QED) is 0.565. The summed E-state index contributed by atoms with van der Waals surface area (Å²) in [5, 5.41) is 0.190. The van der Waals surface area contributed by atoms with Crippen molar-refractivity contribution in [2.24, 2.45) is 0 Å². The van der Waals surface area contributed by atoms with Gasteiger partial charge >= 0.3 is 0 Å². The van der Waals surface area contributed by atoms with Gasteiger partial charge in [0.1, 0.15) is 11.0 Å². The van der Waals surface area contributed by atoms with Gasteiger partial charge in [0, 0.05) is 0 Å². The van der Waals surface area contributed by atoms with E-state index < -0.39 is 10.8 Å². The lowest BCUT2D eigenvalue weighted by atomic mass is 10.3. The average Bonchev–Trinajstić information content (AvgIpc) is 3.10. The number of rotatable bonds is 2. The van der Waals surface area contributed by atoms with E-state index in [9.17, 15) is 4.21 Å². The third-order valence-electron chi connectivity index (χ3n) is 2.87. The molecule has 4 rings (SSSR count). The van der Waals surface area contributed by atoms with Crippen LogP contribution in [0.15, 0.2) is 67.8 Å². The Kier molecular flexibility index (Phi) is 2.43. The molecular weight excluding hydrogens is 276 g/mol. The summed E-state index contributed by atoms with van der Waals surface area (Å²) in [5.41, 5.74) is 2.50. The summed E-state index contributed by atoms with van der Waals surface area (Å²) in [6.45, 7) is 0. The number of para-hydroxylation sites is 4. The average molecular weight is 284 g/mol. The fourth-order valence-electron chi connectivity index (χ4n) is 1.94. The summed E-state index contributed by atoms with van der Waals surface area (Å²) < 4.78 is 23.3. The molecule has 0 aliphatic carbocycles. The van der Waals surface area contributed by atoms with Gasteiger partial charge < -0.3 is 8.83 Å². The molecular formula is C14H8N2O3S. The van der Waals surface area contributed by atoms with Crippen LogP contribution in [-0.4, -0.2) is 14.2 Å². The molecule has 4 aromatic rings. The van der Waals surface area contributed by atoms with Gasteiger partial charge in [-0.3, -0.25) is 0 Å². The van der Waals surface area contributed by atoms with Crippen LogP contribution in [0.2, 0.25) is 0 Å². The highest BCUT2D eigenvalue weighted by Crippen LogP contribution is 2.23. The zero-order valence-electron chi connectivity index (χ0n) is 10.1. The van der Waals surface area contributed by atoms with Crippen LogP contribution in [0.3, 0.4) is 0 Å². The molecule has 0 atom stereocenters. The standard InChI is InChI=1S/C14H8N2O3S/c17-20(13-15-9-5-1-3-7-11(9)18-13)14-16-10-6-2-4-8-12(10)19-14/h1-8H. The Morgan fingerprint density at radius 1 is 0.750 bits per heavy atom. The summed E-state index contributed by atoms with van der Waals surface area (Å²) in [4.78, 5) is 8.38. The molecule has 0 aliphatic rings. The van der Waals surface area contributed by atoms with E-state index in [0.29, 0.717) is 22.2 Å². The van der Waals surface area contributed by atoms with E-state index in [-0.39, 0.29) is 10.4 Å². The summed E-state index contributed by atoms with van der Waals surface area (Å²) >= 11 is 0. The second-order valence-corrected chi connectivity index (χ2v) is 5.40. The van der Waals surface area contributed by atoms with Crippen molar-refractivity contribution in [3.05, 3.63) is 48.5 Å². The third kappa shape index (κ3) is 1.73. The van der Waals surface area contributed by atoms with Gasteiger partial charge in [-0.05, 0) is 24.3 Å². The Balaban J connectivity index is 1.82. The number of aromatic nitrogens is 2. The second-order valence-electron chi connectivity index (χ2n) is 4.16. The lowest BCUT2D eigenvalue weighted by molar-refractivity contribution is 0.447. The maximum absolute atomic E-state index is 12.4. The van der Waals surface area contributed by atoms with E-state index >= 15 is 0 Å². The van der Waals surface area contributed by atoms with Crippen molar-refractivity contribution in [3.8, 4) is 0 Å². The van der Waals surface area contributed by atoms with Crippen molar-refractivity contribution in [1.82, 2.24) is 9.97 Å². The summed E-state index contributed by atoms with van der Waals surface area (Å²) in [6.07, 6.45) is 0. The van der Waals surface area contributed by atoms with Crippen molar-refractivity contribution in [2.75, 3.05) is 0 Å². The molecule has 0 unspecified atom stereocenters. The first kappa shape index (κ1) is 11.4. The summed E-state index contributed by atoms with van der Waals surface area (Å²) in [6, 6.07) is 14.5. The molecule has 6 heteroatoms. The molecule has 0 N–H and O–H groups in total. The first-order valence-electron chi connectivity index (χ1n) is 5.94. The number of hydrogen-bond donors (Lipinski definition) is 0. The van der Waals surface area contributed by atoms with Crippen molar-refractivity contribution < 1.29 is 13.0 Å². The van der Waals surface area contributed by atoms with E-state index in [2.05, 4.69) is 9.97 Å². The molecule has 0 aliphatic heterocycles. The van der Waals surface area contributed by atoms with Crippen molar-refractivity contribution >= 4 is 33.0 Å². The molecule has 2 aromatic heterocycles. The largest absolute Gasteiger partial charge is 0.429 e. The molecule has 0 saturated carbocycles. The van der Waals surface area contributed by atoms with Crippen LogP contribution >= 0.6 is 0 Å². The maximum Gasteiger partial charge on any atom is 0.297 e. The van der Waals surface area contributed by atoms with Gasteiger partial charge in [-0.15, -0.1) is 0 Å². The second kappa shape index (κ2) is 4.28. The molecule has 2 heterocycles. The highest BCUT2D eigenvalue weighted by molar-refractivity contribution is 7.84. The fraction of sp³-hybridized carbons (Fsp3) is 0. The normalized spacial score (nSPS) is 11.7. The smallest absolute Gasteiger partial charge is 0.297 e. The van der Waals surface area contributed by atoms with Gasteiger partial charge in [-0.2, -0.15) is 0 Å². The molecule has 0 bridgehead atoms. The molecule has 0 saturated heterocycles. The topological polar surface area (TPSA) is 69.1 Å². The number of benzene rings is 2. The third-order valence-corrected chi connectivity index (χ3v) is 3.85. The molecule has 5 nitrogen and oxygen atoms in total. The minimum Gasteiger partial charge on any atom is -0.429 e. The van der Waals surface area contributed by atoms with E-state index in [4.69, 9.17) is 8.83 Å². The molecule has 98 valence electrons. The van der Waals surface area contributed by atoms with E-state index in [0.717, 1.165) is 0 Å². The molecule has 20 heavy (non-hydrogen) atoms. The van der Waals surface area contributed by atoms with Crippen LogP contribution in [0.1, 0.15) is 0 Å². The Morgan fingerprint density at radius 2 is 1.20 bits per heavy atom. The van der Waals surface area contributed by atoms with Gasteiger partial charge in [0.05, 0.1) is 0 Å². The maximum atomic E-state index is 12.4. The first-order chi connectivity index (χ1) is 9.81. The number of fused-ring (bicyclic) bond motifs is 2. The van der Waals surface area contributed by atoms with Gasteiger partial charge in [-0.25, -0.2) is 14.2 Å². The zero-order valence-corrected chi connectivity index (χ0v) is 11.0. The Hall–Kier alpha value is -2.47. The van der Waals surface area contributed by atoms with E-state index in [1.807, 2.05) is 24.3 Å². The SMILES string of the molecule is O=S(c1nc2ccccc2o1)c1nc2ccccc2o1. The molecule has 0 fully saturated rings. The molecule has 0 spiro atoms. The minimum absolute atomic E-state index is 0.0951. The Labute approximate surface area is 115 Å². The van der Waals surface area contributed by atoms with Gasteiger partial charge in [0.15, 0.2) is 22.0 Å². The van der Waals surface area contributed by atoms with Gasteiger partial charge in [0.25, 0.3) is 10.4 Å². The Bertz CT molecular complexity index is 800. The fourth-order valence-corrected chi connectivity index (χ4v) is 2.78. The lowest BCUT2D eigenvalue weighted by Crippen LogP contribution is -1.92. The van der Waals surface area contributed by atoms with Gasteiger partial charge in [0.2, 0.25) is 0 Å². The zero-order chi connectivity index (χ0) is 13.5. The van der Waals surface area contributed by atoms with Crippen molar-refractivity contribution in [3.63, 3.8) is 0 Å². The van der Waals surface area contributed by atoms with Crippen LogP contribution in [-0.2, 0) is 10.8 Å². The van der Waals surface area contributed by atoms with Crippen molar-refractivity contribution in [1.29, 1.82) is 0 Å². The predicted octanol–water partition coefficient (Wildman–Crippen LogP) is 3.14. The highest BCUT2D eigenvalue weighted by atomic mass is 32.2. The summed E-state index contributed by atoms with van der Waals surface area (Å²) in [5.74, 6) is 0. The van der Waals surface area contributed by atoms with E-state index in [1.54, 1.807) is 24.3 Å². The number of oxazole rings is 2. The molecule has 2 aromatic carbocycles. The van der Waals surface area contributed by atoms with Crippen LogP contribution in [0.4, 0.5) is 0 Å². The Morgan fingerprint density at radius 3 is 1.65 bits per heavy atom. The lowest BCUT2D eigenvalue weighted by Gasteiger charge is -1.88. The van der Waals surface area contributed by atoms with E-state index in [1.165, 1.54) is 0 Å². The monoisotopic (exact) mass is 284 g/mol. The number of nitrogens with zero attached hydrogens (tertiary/aromatic N) is 2. The van der Waals surface area contributed by atoms with Crippen LogP contribution < -0.4 is 0 Å².